The van der Waals surface area contributed by atoms with Gasteiger partial charge in [0.1, 0.15) is 23.1 Å². The Labute approximate surface area is 162 Å². The van der Waals surface area contributed by atoms with Crippen LogP contribution in [0.5, 0.6) is 11.5 Å². The van der Waals surface area contributed by atoms with Gasteiger partial charge in [0.05, 0.1) is 31.8 Å². The molecule has 0 aliphatic carbocycles. The number of carbonyl (C=O) groups is 1. The first-order chi connectivity index (χ1) is 13.7. The third kappa shape index (κ3) is 4.02. The number of nitrogens with zero attached hydrogens (tertiary/aromatic N) is 2. The Hall–Kier alpha value is -4.05. The maximum absolute atomic E-state index is 12.6. The predicted molar refractivity (Wildman–Crippen MR) is 106 cm³/mol. The van der Waals surface area contributed by atoms with Crippen molar-refractivity contribution in [2.24, 2.45) is 0 Å². The van der Waals surface area contributed by atoms with E-state index >= 15 is 0 Å². The van der Waals surface area contributed by atoms with Crippen molar-refractivity contribution >= 4 is 17.7 Å². The Morgan fingerprint density at radius 1 is 1.14 bits per heavy atom. The molecule has 28 heavy (non-hydrogen) atoms. The molecule has 140 valence electrons. The largest absolute Gasteiger partial charge is 0.497 e. The van der Waals surface area contributed by atoms with E-state index in [0.717, 1.165) is 11.3 Å². The number of methoxy groups -OCH3 is 2. The molecule has 0 aliphatic heterocycles. The maximum atomic E-state index is 12.6. The lowest BCUT2D eigenvalue weighted by atomic mass is 10.1. The number of nitriles is 1. The molecule has 0 aliphatic rings. The van der Waals surface area contributed by atoms with Crippen molar-refractivity contribution in [3.8, 4) is 28.8 Å². The molecule has 3 rings (SSSR count). The molecule has 1 amide bonds. The topological polar surface area (TPSA) is 100 Å². The Kier molecular flexibility index (Phi) is 5.72. The monoisotopic (exact) mass is 374 g/mol. The van der Waals surface area contributed by atoms with E-state index in [1.807, 2.05) is 30.3 Å². The van der Waals surface area contributed by atoms with Gasteiger partial charge in [0, 0.05) is 11.1 Å². The van der Waals surface area contributed by atoms with Gasteiger partial charge in [-0.15, -0.1) is 0 Å². The van der Waals surface area contributed by atoms with Crippen molar-refractivity contribution in [2.45, 2.75) is 0 Å². The van der Waals surface area contributed by atoms with Gasteiger partial charge in [-0.2, -0.15) is 10.4 Å². The summed E-state index contributed by atoms with van der Waals surface area (Å²) in [5, 5.41) is 19.1. The molecule has 1 heterocycles. The maximum Gasteiger partial charge on any atom is 0.266 e. The molecular weight excluding hydrogens is 356 g/mol. The summed E-state index contributed by atoms with van der Waals surface area (Å²) < 4.78 is 10.4. The standard InChI is InChI=1S/C21H18N4O3/c1-27-17-9-7-14(8-10-17)20-16(13-23-25-20)11-15(12-22)21(26)24-18-5-3-4-6-19(18)28-2/h3-11,13H,1-2H3,(H,23,25)(H,24,26)/b15-11-. The van der Waals surface area contributed by atoms with Gasteiger partial charge in [-0.25, -0.2) is 0 Å². The summed E-state index contributed by atoms with van der Waals surface area (Å²) >= 11 is 0. The van der Waals surface area contributed by atoms with Crippen LogP contribution in [0, 0.1) is 11.3 Å². The summed E-state index contributed by atoms with van der Waals surface area (Å²) in [6, 6.07) is 16.3. The molecule has 1 aromatic heterocycles. The molecule has 0 saturated heterocycles. The van der Waals surface area contributed by atoms with E-state index < -0.39 is 5.91 Å². The first kappa shape index (κ1) is 18.7. The fourth-order valence-corrected chi connectivity index (χ4v) is 2.64. The average molecular weight is 374 g/mol. The third-order valence-electron chi connectivity index (χ3n) is 4.07. The summed E-state index contributed by atoms with van der Waals surface area (Å²) in [7, 11) is 3.11. The van der Waals surface area contributed by atoms with Crippen molar-refractivity contribution in [1.82, 2.24) is 10.2 Å². The second-order valence-electron chi connectivity index (χ2n) is 5.75. The van der Waals surface area contributed by atoms with E-state index in [1.165, 1.54) is 13.2 Å². The van der Waals surface area contributed by atoms with E-state index in [4.69, 9.17) is 9.47 Å². The van der Waals surface area contributed by atoms with Crippen LogP contribution >= 0.6 is 0 Å². The summed E-state index contributed by atoms with van der Waals surface area (Å²) in [5.41, 5.74) is 2.60. The van der Waals surface area contributed by atoms with Crippen LogP contribution in [0.25, 0.3) is 17.3 Å². The van der Waals surface area contributed by atoms with Crippen LogP contribution in [0.4, 0.5) is 5.69 Å². The van der Waals surface area contributed by atoms with Crippen molar-refractivity contribution in [1.29, 1.82) is 5.26 Å². The average Bonchev–Trinajstić information content (AvgIpc) is 3.20. The molecule has 7 nitrogen and oxygen atoms in total. The molecule has 0 fully saturated rings. The first-order valence-electron chi connectivity index (χ1n) is 8.40. The first-order valence-corrected chi connectivity index (χ1v) is 8.40. The Balaban J connectivity index is 1.88. The van der Waals surface area contributed by atoms with E-state index in [2.05, 4.69) is 15.5 Å². The van der Waals surface area contributed by atoms with Gasteiger partial charge < -0.3 is 14.8 Å². The summed E-state index contributed by atoms with van der Waals surface area (Å²) in [4.78, 5) is 12.6. The van der Waals surface area contributed by atoms with Crippen LogP contribution < -0.4 is 14.8 Å². The van der Waals surface area contributed by atoms with Crippen LogP contribution in [0.3, 0.4) is 0 Å². The number of benzene rings is 2. The highest BCUT2D eigenvalue weighted by Crippen LogP contribution is 2.26. The van der Waals surface area contributed by atoms with Crippen molar-refractivity contribution in [2.75, 3.05) is 19.5 Å². The molecule has 3 aromatic rings. The fourth-order valence-electron chi connectivity index (χ4n) is 2.64. The molecule has 0 atom stereocenters. The SMILES string of the molecule is COc1ccc(-c2[nH]ncc2/C=C(/C#N)C(=O)Nc2ccccc2OC)cc1. The highest BCUT2D eigenvalue weighted by atomic mass is 16.5. The minimum absolute atomic E-state index is 0.0536. The molecule has 2 aromatic carbocycles. The Morgan fingerprint density at radius 3 is 2.57 bits per heavy atom. The van der Waals surface area contributed by atoms with E-state index in [1.54, 1.807) is 37.6 Å². The highest BCUT2D eigenvalue weighted by Gasteiger charge is 2.14. The van der Waals surface area contributed by atoms with E-state index in [-0.39, 0.29) is 5.57 Å². The van der Waals surface area contributed by atoms with Gasteiger partial charge in [-0.1, -0.05) is 12.1 Å². The normalized spacial score (nSPS) is 10.8. The van der Waals surface area contributed by atoms with Gasteiger partial charge in [-0.3, -0.25) is 9.89 Å². The number of hydrogen-bond donors (Lipinski definition) is 2. The minimum atomic E-state index is -0.533. The predicted octanol–water partition coefficient (Wildman–Crippen LogP) is 3.64. The minimum Gasteiger partial charge on any atom is -0.497 e. The molecule has 0 unspecified atom stereocenters. The molecule has 0 radical (unpaired) electrons. The lowest BCUT2D eigenvalue weighted by Crippen LogP contribution is -2.14. The highest BCUT2D eigenvalue weighted by molar-refractivity contribution is 6.10. The number of rotatable bonds is 6. The molecule has 0 bridgehead atoms. The van der Waals surface area contributed by atoms with E-state index in [9.17, 15) is 10.1 Å². The number of nitrogens with one attached hydrogen (secondary N) is 2. The lowest BCUT2D eigenvalue weighted by molar-refractivity contribution is -0.112. The number of aromatic nitrogens is 2. The van der Waals surface area contributed by atoms with Gasteiger partial charge in [0.2, 0.25) is 0 Å². The number of amides is 1. The van der Waals surface area contributed by atoms with Crippen LogP contribution in [-0.4, -0.2) is 30.3 Å². The number of carbonyl (C=O) groups excluding carboxylic acids is 1. The van der Waals surface area contributed by atoms with Crippen LogP contribution in [-0.2, 0) is 4.79 Å². The van der Waals surface area contributed by atoms with Crippen molar-refractivity contribution in [3.63, 3.8) is 0 Å². The van der Waals surface area contributed by atoms with Crippen molar-refractivity contribution < 1.29 is 14.3 Å². The fraction of sp³-hybridized carbons (Fsp3) is 0.0952. The van der Waals surface area contributed by atoms with Crippen LogP contribution in [0.15, 0.2) is 60.3 Å². The number of anilines is 1. The summed E-state index contributed by atoms with van der Waals surface area (Å²) in [6.07, 6.45) is 3.06. The molecule has 0 spiro atoms. The van der Waals surface area contributed by atoms with Crippen molar-refractivity contribution in [3.05, 3.63) is 65.9 Å². The molecule has 2 N–H and O–H groups in total. The number of aromatic amines is 1. The summed E-state index contributed by atoms with van der Waals surface area (Å²) in [5.74, 6) is 0.707. The summed E-state index contributed by atoms with van der Waals surface area (Å²) in [6.45, 7) is 0. The van der Waals surface area contributed by atoms with Gasteiger partial charge in [-0.05, 0) is 42.5 Å². The van der Waals surface area contributed by atoms with E-state index in [0.29, 0.717) is 22.7 Å². The second kappa shape index (κ2) is 8.56. The molecule has 7 heteroatoms. The zero-order valence-electron chi connectivity index (χ0n) is 15.4. The smallest absolute Gasteiger partial charge is 0.266 e. The second-order valence-corrected chi connectivity index (χ2v) is 5.75. The number of H-pyrrole nitrogens is 1. The Bertz CT molecular complexity index is 1050. The third-order valence-corrected chi connectivity index (χ3v) is 4.07. The van der Waals surface area contributed by atoms with Gasteiger partial charge in [0.15, 0.2) is 0 Å². The number of para-hydroxylation sites is 2. The number of hydrogen-bond acceptors (Lipinski definition) is 5. The van der Waals surface area contributed by atoms with Gasteiger partial charge >= 0.3 is 0 Å². The van der Waals surface area contributed by atoms with Crippen LogP contribution in [0.2, 0.25) is 0 Å². The zero-order valence-corrected chi connectivity index (χ0v) is 15.4. The lowest BCUT2D eigenvalue weighted by Gasteiger charge is -2.09. The van der Waals surface area contributed by atoms with Crippen LogP contribution in [0.1, 0.15) is 5.56 Å². The molecule has 0 saturated carbocycles. The zero-order chi connectivity index (χ0) is 19.9. The number of ether oxygens (including phenoxy) is 2. The molecular formula is C21H18N4O3. The Morgan fingerprint density at radius 2 is 1.89 bits per heavy atom. The van der Waals surface area contributed by atoms with Gasteiger partial charge in [0.25, 0.3) is 5.91 Å². The quantitative estimate of drug-likeness (QED) is 0.507.